The van der Waals surface area contributed by atoms with Gasteiger partial charge in [-0.2, -0.15) is 5.06 Å². The SMILES string of the molecule is O=C(c1ccccc1)C(O)ON1CCCCC1. The Kier molecular flexibility index (Phi) is 4.25. The number of Topliss-reactive ketones (excluding diaryl/α,β-unsaturated/α-hetero) is 1. The maximum absolute atomic E-state index is 11.8. The van der Waals surface area contributed by atoms with Gasteiger partial charge in [0.15, 0.2) is 0 Å². The average Bonchev–Trinajstić information content (AvgIpc) is 2.40. The summed E-state index contributed by atoms with van der Waals surface area (Å²) >= 11 is 0. The predicted molar refractivity (Wildman–Crippen MR) is 63.3 cm³/mol. The van der Waals surface area contributed by atoms with Crippen LogP contribution in [-0.4, -0.2) is 35.3 Å². The molecule has 17 heavy (non-hydrogen) atoms. The van der Waals surface area contributed by atoms with Crippen molar-refractivity contribution in [3.8, 4) is 0 Å². The standard InChI is InChI=1S/C13H17NO3/c15-12(11-7-3-1-4-8-11)13(16)17-14-9-5-2-6-10-14/h1,3-4,7-8,13,16H,2,5-6,9-10H2. The number of rotatable bonds is 4. The molecule has 1 atom stereocenters. The first-order valence-electron chi connectivity index (χ1n) is 5.96. The maximum atomic E-state index is 11.8. The Morgan fingerprint density at radius 2 is 1.82 bits per heavy atom. The van der Waals surface area contributed by atoms with Crippen molar-refractivity contribution < 1.29 is 14.7 Å². The van der Waals surface area contributed by atoms with E-state index < -0.39 is 12.1 Å². The number of hydroxylamine groups is 2. The Balaban J connectivity index is 1.91. The Morgan fingerprint density at radius 1 is 1.18 bits per heavy atom. The number of hydrogen-bond acceptors (Lipinski definition) is 4. The van der Waals surface area contributed by atoms with E-state index in [0.717, 1.165) is 25.9 Å². The number of aliphatic hydroxyl groups excluding tert-OH is 1. The number of hydrogen-bond donors (Lipinski definition) is 1. The molecule has 1 saturated heterocycles. The highest BCUT2D eigenvalue weighted by Gasteiger charge is 2.22. The van der Waals surface area contributed by atoms with Gasteiger partial charge in [-0.1, -0.05) is 36.8 Å². The summed E-state index contributed by atoms with van der Waals surface area (Å²) in [5.41, 5.74) is 0.469. The summed E-state index contributed by atoms with van der Waals surface area (Å²) in [6.07, 6.45) is 1.89. The molecule has 4 heteroatoms. The molecule has 1 N–H and O–H groups in total. The molecule has 1 aliphatic heterocycles. The van der Waals surface area contributed by atoms with Crippen molar-refractivity contribution >= 4 is 5.78 Å². The molecule has 4 nitrogen and oxygen atoms in total. The molecular formula is C13H17NO3. The first-order chi connectivity index (χ1) is 8.27. The molecule has 1 aromatic rings. The van der Waals surface area contributed by atoms with Crippen LogP contribution in [0.3, 0.4) is 0 Å². The fourth-order valence-electron chi connectivity index (χ4n) is 1.90. The molecule has 1 unspecified atom stereocenters. The molecule has 0 bridgehead atoms. The third kappa shape index (κ3) is 3.36. The van der Waals surface area contributed by atoms with Crippen molar-refractivity contribution in [1.82, 2.24) is 5.06 Å². The lowest BCUT2D eigenvalue weighted by molar-refractivity contribution is -0.248. The molecule has 0 aliphatic carbocycles. The minimum Gasteiger partial charge on any atom is -0.360 e. The number of aliphatic hydroxyl groups is 1. The van der Waals surface area contributed by atoms with E-state index in [2.05, 4.69) is 0 Å². The first-order valence-corrected chi connectivity index (χ1v) is 5.96. The van der Waals surface area contributed by atoms with Crippen LogP contribution in [0.4, 0.5) is 0 Å². The molecule has 1 aromatic carbocycles. The molecule has 0 aromatic heterocycles. The van der Waals surface area contributed by atoms with Gasteiger partial charge >= 0.3 is 0 Å². The summed E-state index contributed by atoms with van der Waals surface area (Å²) in [7, 11) is 0. The summed E-state index contributed by atoms with van der Waals surface area (Å²) in [6.45, 7) is 1.55. The van der Waals surface area contributed by atoms with Crippen molar-refractivity contribution in [2.45, 2.75) is 25.6 Å². The van der Waals surface area contributed by atoms with Crippen LogP contribution in [0.1, 0.15) is 29.6 Å². The lowest BCUT2D eigenvalue weighted by atomic mass is 10.1. The fraction of sp³-hybridized carbons (Fsp3) is 0.462. The average molecular weight is 235 g/mol. The van der Waals surface area contributed by atoms with Gasteiger partial charge in [0, 0.05) is 18.7 Å². The lowest BCUT2D eigenvalue weighted by Crippen LogP contribution is -2.37. The van der Waals surface area contributed by atoms with Crippen LogP contribution in [0.15, 0.2) is 30.3 Å². The van der Waals surface area contributed by atoms with Gasteiger partial charge in [0.2, 0.25) is 12.1 Å². The number of ketones is 1. The summed E-state index contributed by atoms with van der Waals surface area (Å²) in [6, 6.07) is 8.70. The van der Waals surface area contributed by atoms with E-state index in [1.807, 2.05) is 6.07 Å². The van der Waals surface area contributed by atoms with E-state index in [9.17, 15) is 9.90 Å². The van der Waals surface area contributed by atoms with Crippen molar-refractivity contribution in [3.05, 3.63) is 35.9 Å². The molecule has 92 valence electrons. The van der Waals surface area contributed by atoms with Crippen LogP contribution in [0, 0.1) is 0 Å². The Morgan fingerprint density at radius 3 is 2.47 bits per heavy atom. The number of nitrogens with zero attached hydrogens (tertiary/aromatic N) is 1. The van der Waals surface area contributed by atoms with E-state index >= 15 is 0 Å². The topological polar surface area (TPSA) is 49.8 Å². The van der Waals surface area contributed by atoms with Gasteiger partial charge in [0.1, 0.15) is 0 Å². The summed E-state index contributed by atoms with van der Waals surface area (Å²) < 4.78 is 0. The highest BCUT2D eigenvalue weighted by atomic mass is 16.8. The van der Waals surface area contributed by atoms with Crippen molar-refractivity contribution in [2.75, 3.05) is 13.1 Å². The predicted octanol–water partition coefficient (Wildman–Crippen LogP) is 1.61. The van der Waals surface area contributed by atoms with Gasteiger partial charge in [0.25, 0.3) is 0 Å². The normalized spacial score (nSPS) is 18.9. The molecular weight excluding hydrogens is 218 g/mol. The van der Waals surface area contributed by atoms with E-state index in [0.29, 0.717) is 5.56 Å². The monoisotopic (exact) mass is 235 g/mol. The quantitative estimate of drug-likeness (QED) is 0.636. The van der Waals surface area contributed by atoms with Crippen LogP contribution in [0.5, 0.6) is 0 Å². The molecule has 1 aliphatic rings. The second-order valence-corrected chi connectivity index (χ2v) is 4.18. The number of carbonyl (C=O) groups is 1. The largest absolute Gasteiger partial charge is 0.360 e. The zero-order chi connectivity index (χ0) is 12.1. The van der Waals surface area contributed by atoms with Crippen molar-refractivity contribution in [3.63, 3.8) is 0 Å². The van der Waals surface area contributed by atoms with E-state index in [4.69, 9.17) is 4.84 Å². The van der Waals surface area contributed by atoms with Crippen LogP contribution >= 0.6 is 0 Å². The number of benzene rings is 1. The first kappa shape index (κ1) is 12.2. The Labute approximate surface area is 101 Å². The van der Waals surface area contributed by atoms with Crippen LogP contribution in [-0.2, 0) is 4.84 Å². The second-order valence-electron chi connectivity index (χ2n) is 4.18. The molecule has 0 amide bonds. The summed E-state index contributed by atoms with van der Waals surface area (Å²) in [5.74, 6) is -0.392. The molecule has 0 spiro atoms. The van der Waals surface area contributed by atoms with Gasteiger partial charge in [-0.05, 0) is 12.8 Å². The van der Waals surface area contributed by atoms with E-state index in [-0.39, 0.29) is 0 Å². The molecule has 2 rings (SSSR count). The van der Waals surface area contributed by atoms with E-state index in [1.54, 1.807) is 29.3 Å². The van der Waals surface area contributed by atoms with Crippen molar-refractivity contribution in [2.24, 2.45) is 0 Å². The van der Waals surface area contributed by atoms with Crippen LogP contribution < -0.4 is 0 Å². The zero-order valence-corrected chi connectivity index (χ0v) is 9.71. The third-order valence-electron chi connectivity index (χ3n) is 2.85. The lowest BCUT2D eigenvalue weighted by Gasteiger charge is -2.27. The van der Waals surface area contributed by atoms with Crippen LogP contribution in [0.2, 0.25) is 0 Å². The van der Waals surface area contributed by atoms with Gasteiger partial charge < -0.3 is 5.11 Å². The van der Waals surface area contributed by atoms with E-state index in [1.165, 1.54) is 6.42 Å². The van der Waals surface area contributed by atoms with Gasteiger partial charge in [-0.25, -0.2) is 0 Å². The number of piperidine rings is 1. The second kappa shape index (κ2) is 5.91. The smallest absolute Gasteiger partial charge is 0.239 e. The summed E-state index contributed by atoms with van der Waals surface area (Å²) in [4.78, 5) is 17.1. The third-order valence-corrected chi connectivity index (χ3v) is 2.85. The van der Waals surface area contributed by atoms with Crippen molar-refractivity contribution in [1.29, 1.82) is 0 Å². The summed E-state index contributed by atoms with van der Waals surface area (Å²) in [5, 5.41) is 11.4. The van der Waals surface area contributed by atoms with Gasteiger partial charge in [0.05, 0.1) is 0 Å². The number of carbonyl (C=O) groups excluding carboxylic acids is 1. The Hall–Kier alpha value is -1.23. The highest BCUT2D eigenvalue weighted by molar-refractivity contribution is 5.98. The molecule has 0 radical (unpaired) electrons. The molecule has 1 fully saturated rings. The highest BCUT2D eigenvalue weighted by Crippen LogP contribution is 2.12. The Bertz CT molecular complexity index is 360. The zero-order valence-electron chi connectivity index (χ0n) is 9.71. The maximum Gasteiger partial charge on any atom is 0.239 e. The fourth-order valence-corrected chi connectivity index (χ4v) is 1.90. The van der Waals surface area contributed by atoms with Gasteiger partial charge in [-0.3, -0.25) is 9.63 Å². The molecule has 0 saturated carbocycles. The minimum atomic E-state index is -1.39. The molecule has 1 heterocycles. The van der Waals surface area contributed by atoms with Crippen LogP contribution in [0.25, 0.3) is 0 Å². The van der Waals surface area contributed by atoms with Gasteiger partial charge in [-0.15, -0.1) is 0 Å². The minimum absolute atomic E-state index is 0.392.